The van der Waals surface area contributed by atoms with E-state index < -0.39 is 0 Å². The Labute approximate surface area is 132 Å². The molecule has 0 aliphatic carbocycles. The van der Waals surface area contributed by atoms with Gasteiger partial charge >= 0.3 is 0 Å². The zero-order chi connectivity index (χ0) is 14.0. The molecule has 0 bridgehead atoms. The second-order valence-electron chi connectivity index (χ2n) is 5.68. The molecule has 1 aromatic heterocycles. The van der Waals surface area contributed by atoms with Gasteiger partial charge in [-0.2, -0.15) is 11.8 Å². The Morgan fingerprint density at radius 3 is 2.85 bits per heavy atom. The first-order valence-corrected chi connectivity index (χ1v) is 9.10. The smallest absolute Gasteiger partial charge is 0.169 e. The number of hydrazine groups is 1. The molecule has 112 valence electrons. The number of hydrogen-bond acceptors (Lipinski definition) is 5. The van der Waals surface area contributed by atoms with Gasteiger partial charge in [0.15, 0.2) is 4.67 Å². The predicted octanol–water partition coefficient (Wildman–Crippen LogP) is 3.24. The van der Waals surface area contributed by atoms with Crippen LogP contribution in [0.3, 0.4) is 0 Å². The lowest BCUT2D eigenvalue weighted by molar-refractivity contribution is -0.108. The van der Waals surface area contributed by atoms with Gasteiger partial charge < -0.3 is 9.15 Å². The van der Waals surface area contributed by atoms with E-state index in [1.165, 1.54) is 11.5 Å². The van der Waals surface area contributed by atoms with E-state index >= 15 is 0 Å². The van der Waals surface area contributed by atoms with Gasteiger partial charge in [-0.15, -0.1) is 0 Å². The van der Waals surface area contributed by atoms with E-state index in [0.29, 0.717) is 5.92 Å². The second kappa shape index (κ2) is 6.40. The number of nitrogens with two attached hydrogens (primary N) is 1. The van der Waals surface area contributed by atoms with Crippen molar-refractivity contribution in [2.45, 2.75) is 37.3 Å². The summed E-state index contributed by atoms with van der Waals surface area (Å²) in [6, 6.07) is 3.98. The molecule has 3 rings (SSSR count). The van der Waals surface area contributed by atoms with Gasteiger partial charge in [0.25, 0.3) is 0 Å². The van der Waals surface area contributed by atoms with E-state index in [4.69, 9.17) is 15.0 Å². The molecule has 2 unspecified atom stereocenters. The van der Waals surface area contributed by atoms with Crippen molar-refractivity contribution in [3.63, 3.8) is 0 Å². The molecular weight excluding hydrogens is 340 g/mol. The van der Waals surface area contributed by atoms with Crippen LogP contribution in [0.25, 0.3) is 0 Å². The fourth-order valence-corrected chi connectivity index (χ4v) is 4.94. The van der Waals surface area contributed by atoms with Crippen molar-refractivity contribution >= 4 is 27.7 Å². The van der Waals surface area contributed by atoms with Crippen LogP contribution in [0.2, 0.25) is 0 Å². The summed E-state index contributed by atoms with van der Waals surface area (Å²) in [7, 11) is 0. The molecule has 3 heterocycles. The number of rotatable bonds is 3. The maximum absolute atomic E-state index is 6.15. The summed E-state index contributed by atoms with van der Waals surface area (Å²) in [6.45, 7) is 0.829. The highest BCUT2D eigenvalue weighted by molar-refractivity contribution is 9.10. The molecule has 2 saturated heterocycles. The Kier molecular flexibility index (Phi) is 4.77. The Balaban J connectivity index is 1.74. The van der Waals surface area contributed by atoms with Crippen LogP contribution in [-0.2, 0) is 4.74 Å². The van der Waals surface area contributed by atoms with Crippen molar-refractivity contribution in [3.05, 3.63) is 22.6 Å². The Morgan fingerprint density at radius 2 is 2.20 bits per heavy atom. The van der Waals surface area contributed by atoms with Gasteiger partial charge in [0, 0.05) is 6.61 Å². The minimum atomic E-state index is 0.0663. The molecule has 20 heavy (non-hydrogen) atoms. The highest BCUT2D eigenvalue weighted by atomic mass is 79.9. The van der Waals surface area contributed by atoms with Gasteiger partial charge in [-0.1, -0.05) is 0 Å². The predicted molar refractivity (Wildman–Crippen MR) is 84.4 cm³/mol. The van der Waals surface area contributed by atoms with Gasteiger partial charge in [-0.3, -0.25) is 5.84 Å². The van der Waals surface area contributed by atoms with Crippen molar-refractivity contribution in [1.82, 2.24) is 5.43 Å². The molecule has 0 aromatic carbocycles. The van der Waals surface area contributed by atoms with Crippen LogP contribution in [0.5, 0.6) is 0 Å². The highest BCUT2D eigenvalue weighted by Gasteiger charge is 2.41. The summed E-state index contributed by atoms with van der Waals surface area (Å²) in [5.41, 5.74) is 3.02. The Bertz CT molecular complexity index is 443. The number of ether oxygens (including phenoxy) is 1. The SMILES string of the molecule is NNC(c1ccc(Br)o1)C1CCOC2(CCSCC2)C1. The van der Waals surface area contributed by atoms with Crippen LogP contribution in [0.15, 0.2) is 21.2 Å². The molecule has 4 nitrogen and oxygen atoms in total. The van der Waals surface area contributed by atoms with Crippen LogP contribution in [0, 0.1) is 5.92 Å². The first kappa shape index (κ1) is 14.9. The normalized spacial score (nSPS) is 27.6. The average molecular weight is 361 g/mol. The lowest BCUT2D eigenvalue weighted by atomic mass is 9.78. The Hall–Kier alpha value is -0.0100. The van der Waals surface area contributed by atoms with Gasteiger partial charge in [0.1, 0.15) is 5.76 Å². The minimum Gasteiger partial charge on any atom is -0.453 e. The van der Waals surface area contributed by atoms with E-state index in [9.17, 15) is 0 Å². The van der Waals surface area contributed by atoms with E-state index in [-0.39, 0.29) is 11.6 Å². The lowest BCUT2D eigenvalue weighted by Gasteiger charge is -2.44. The first-order chi connectivity index (χ1) is 9.72. The quantitative estimate of drug-likeness (QED) is 0.639. The molecule has 1 spiro atoms. The van der Waals surface area contributed by atoms with Crippen LogP contribution in [0.4, 0.5) is 0 Å². The van der Waals surface area contributed by atoms with Crippen LogP contribution in [-0.4, -0.2) is 23.7 Å². The monoisotopic (exact) mass is 360 g/mol. The molecule has 2 aliphatic heterocycles. The largest absolute Gasteiger partial charge is 0.453 e. The van der Waals surface area contributed by atoms with Crippen molar-refractivity contribution in [2.24, 2.45) is 11.8 Å². The number of hydrogen-bond donors (Lipinski definition) is 2. The standard InChI is InChI=1S/C14H21BrN2O2S/c15-12-2-1-11(19-12)13(17-16)10-3-6-18-14(9-10)4-7-20-8-5-14/h1-2,10,13,17H,3-9,16H2. The van der Waals surface area contributed by atoms with Crippen LogP contribution >= 0.6 is 27.7 Å². The van der Waals surface area contributed by atoms with Crippen molar-refractivity contribution in [2.75, 3.05) is 18.1 Å². The van der Waals surface area contributed by atoms with Gasteiger partial charge in [0.05, 0.1) is 11.6 Å². The third-order valence-corrected chi connectivity index (χ3v) is 5.90. The summed E-state index contributed by atoms with van der Waals surface area (Å²) < 4.78 is 12.6. The summed E-state index contributed by atoms with van der Waals surface area (Å²) in [6.07, 6.45) is 4.42. The molecule has 0 saturated carbocycles. The fraction of sp³-hybridized carbons (Fsp3) is 0.714. The molecule has 3 N–H and O–H groups in total. The van der Waals surface area contributed by atoms with Crippen LogP contribution < -0.4 is 11.3 Å². The molecule has 1 aromatic rings. The maximum atomic E-state index is 6.15. The molecule has 2 atom stereocenters. The average Bonchev–Trinajstić information content (AvgIpc) is 2.87. The van der Waals surface area contributed by atoms with Gasteiger partial charge in [0.2, 0.25) is 0 Å². The molecule has 0 amide bonds. The van der Waals surface area contributed by atoms with Crippen LogP contribution in [0.1, 0.15) is 37.5 Å². The van der Waals surface area contributed by atoms with E-state index in [2.05, 4.69) is 21.4 Å². The zero-order valence-electron chi connectivity index (χ0n) is 11.4. The lowest BCUT2D eigenvalue weighted by Crippen LogP contribution is -2.46. The number of thioether (sulfide) groups is 1. The molecule has 2 fully saturated rings. The first-order valence-electron chi connectivity index (χ1n) is 7.15. The molecule has 0 radical (unpaired) electrons. The van der Waals surface area contributed by atoms with Crippen molar-refractivity contribution in [1.29, 1.82) is 0 Å². The van der Waals surface area contributed by atoms with E-state index in [1.807, 2.05) is 23.9 Å². The molecule has 6 heteroatoms. The van der Waals surface area contributed by atoms with Crippen molar-refractivity contribution in [3.8, 4) is 0 Å². The molecule has 2 aliphatic rings. The number of halogens is 1. The summed E-state index contributed by atoms with van der Waals surface area (Å²) in [4.78, 5) is 0. The third-order valence-electron chi connectivity index (χ3n) is 4.49. The zero-order valence-corrected chi connectivity index (χ0v) is 13.8. The van der Waals surface area contributed by atoms with Crippen molar-refractivity contribution < 1.29 is 9.15 Å². The summed E-state index contributed by atoms with van der Waals surface area (Å²) in [5.74, 6) is 9.59. The van der Waals surface area contributed by atoms with Gasteiger partial charge in [-0.25, -0.2) is 5.43 Å². The number of nitrogens with one attached hydrogen (secondary N) is 1. The minimum absolute atomic E-state index is 0.0663. The second-order valence-corrected chi connectivity index (χ2v) is 7.69. The summed E-state index contributed by atoms with van der Waals surface area (Å²) >= 11 is 5.39. The highest BCUT2D eigenvalue weighted by Crippen LogP contribution is 2.43. The maximum Gasteiger partial charge on any atom is 0.169 e. The summed E-state index contributed by atoms with van der Waals surface area (Å²) in [5, 5.41) is 0. The van der Waals surface area contributed by atoms with Gasteiger partial charge in [-0.05, 0) is 71.2 Å². The Morgan fingerprint density at radius 1 is 1.40 bits per heavy atom. The molecular formula is C14H21BrN2O2S. The van der Waals surface area contributed by atoms with E-state index in [1.54, 1.807) is 0 Å². The van der Waals surface area contributed by atoms with E-state index in [0.717, 1.165) is 42.7 Å². The third kappa shape index (κ3) is 3.09. The number of furan rings is 1. The topological polar surface area (TPSA) is 60.4 Å². The fourth-order valence-electron chi connectivity index (χ4n) is 3.39.